The summed E-state index contributed by atoms with van der Waals surface area (Å²) in [4.78, 5) is 12.0. The number of hydrogen-bond donors (Lipinski definition) is 0. The molecule has 1 atom stereocenters. The Labute approximate surface area is 124 Å². The Kier molecular flexibility index (Phi) is 6.98. The minimum atomic E-state index is -0.479. The molecule has 0 bridgehead atoms. The Hall–Kier alpha value is -1.31. The largest absolute Gasteiger partial charge is 0.457 e. The summed E-state index contributed by atoms with van der Waals surface area (Å²) in [7, 11) is 0. The van der Waals surface area contributed by atoms with Crippen molar-refractivity contribution in [2.24, 2.45) is 5.41 Å². The first kappa shape index (κ1) is 18.7. The summed E-state index contributed by atoms with van der Waals surface area (Å²) < 4.78 is 5.35. The monoisotopic (exact) mass is 278 g/mol. The fourth-order valence-corrected chi connectivity index (χ4v) is 1.86. The molecule has 2 heteroatoms. The van der Waals surface area contributed by atoms with E-state index in [0.29, 0.717) is 12.0 Å². The van der Waals surface area contributed by atoms with Crippen LogP contribution >= 0.6 is 0 Å². The summed E-state index contributed by atoms with van der Waals surface area (Å²) in [5.41, 5.74) is 1.22. The Morgan fingerprint density at radius 2 is 1.75 bits per heavy atom. The highest BCUT2D eigenvalue weighted by molar-refractivity contribution is 5.88. The van der Waals surface area contributed by atoms with Gasteiger partial charge in [0.05, 0.1) is 0 Å². The highest BCUT2D eigenvalue weighted by Gasteiger charge is 2.26. The molecule has 0 N–H and O–H groups in total. The fraction of sp³-hybridized carbons (Fsp3) is 0.611. The molecule has 20 heavy (non-hydrogen) atoms. The number of ether oxygens (including phenoxy) is 1. The number of carbonyl (C=O) groups is 1. The second-order valence-corrected chi connectivity index (χ2v) is 6.96. The minimum Gasteiger partial charge on any atom is -0.457 e. The van der Waals surface area contributed by atoms with E-state index in [1.165, 1.54) is 5.57 Å². The van der Waals surface area contributed by atoms with Crippen LogP contribution in [0.2, 0.25) is 0 Å². The van der Waals surface area contributed by atoms with Crippen LogP contribution in [0.5, 0.6) is 0 Å². The van der Waals surface area contributed by atoms with Crippen LogP contribution in [-0.4, -0.2) is 11.6 Å². The third-order valence-electron chi connectivity index (χ3n) is 3.07. The van der Waals surface area contributed by atoms with Crippen LogP contribution in [0.25, 0.3) is 0 Å². The van der Waals surface area contributed by atoms with E-state index >= 15 is 0 Å². The van der Waals surface area contributed by atoms with Crippen molar-refractivity contribution in [2.45, 2.75) is 66.4 Å². The van der Waals surface area contributed by atoms with Crippen molar-refractivity contribution in [2.75, 3.05) is 0 Å². The van der Waals surface area contributed by atoms with Gasteiger partial charge in [-0.15, -0.1) is 6.58 Å². The minimum absolute atomic E-state index is 0.125. The normalized spacial score (nSPS) is 14.1. The number of esters is 1. The fourth-order valence-electron chi connectivity index (χ4n) is 1.86. The lowest BCUT2D eigenvalue weighted by molar-refractivity contribution is -0.150. The number of hydrogen-bond acceptors (Lipinski definition) is 2. The second-order valence-electron chi connectivity index (χ2n) is 6.96. The zero-order valence-corrected chi connectivity index (χ0v) is 14.0. The van der Waals surface area contributed by atoms with E-state index < -0.39 is 5.60 Å². The first-order chi connectivity index (χ1) is 8.99. The zero-order chi connectivity index (χ0) is 16.0. The molecule has 114 valence electrons. The summed E-state index contributed by atoms with van der Waals surface area (Å²) in [5, 5.41) is 0. The molecule has 0 radical (unpaired) electrons. The van der Waals surface area contributed by atoms with Gasteiger partial charge in [0, 0.05) is 5.57 Å². The molecule has 0 fully saturated rings. The third kappa shape index (κ3) is 7.98. The van der Waals surface area contributed by atoms with Gasteiger partial charge < -0.3 is 4.74 Å². The molecule has 0 aliphatic carbocycles. The van der Waals surface area contributed by atoms with E-state index in [1.807, 2.05) is 26.8 Å². The van der Waals surface area contributed by atoms with Crippen LogP contribution in [-0.2, 0) is 9.53 Å². The molecule has 2 nitrogen and oxygen atoms in total. The first-order valence-electron chi connectivity index (χ1n) is 7.17. The van der Waals surface area contributed by atoms with Gasteiger partial charge in [-0.05, 0) is 59.3 Å². The van der Waals surface area contributed by atoms with Crippen LogP contribution in [0.4, 0.5) is 0 Å². The van der Waals surface area contributed by atoms with E-state index in [-0.39, 0.29) is 11.4 Å². The lowest BCUT2D eigenvalue weighted by Crippen LogP contribution is -2.26. The standard InChI is InChI=1S/C18H30O2/c1-9-18(8,12-10-11-14(2)3)13-15(4)16(19)20-17(5,6)7/h9,11H,1,4,10,12-13H2,2-3,5-8H3. The number of allylic oxidation sites excluding steroid dienone is 3. The highest BCUT2D eigenvalue weighted by atomic mass is 16.6. The Balaban J connectivity index is 4.62. The maximum atomic E-state index is 12.0. The smallest absolute Gasteiger partial charge is 0.333 e. The molecule has 0 aliphatic heterocycles. The predicted octanol–water partition coefficient (Wildman–Crippen LogP) is 5.21. The first-order valence-corrected chi connectivity index (χ1v) is 7.17. The highest BCUT2D eigenvalue weighted by Crippen LogP contribution is 2.33. The van der Waals surface area contributed by atoms with Crippen molar-refractivity contribution < 1.29 is 9.53 Å². The summed E-state index contributed by atoms with van der Waals surface area (Å²) in [5.74, 6) is -0.312. The van der Waals surface area contributed by atoms with Crippen LogP contribution in [0.1, 0.15) is 60.8 Å². The Morgan fingerprint density at radius 1 is 1.20 bits per heavy atom. The van der Waals surface area contributed by atoms with Crippen molar-refractivity contribution in [3.05, 3.63) is 36.5 Å². The molecule has 0 aromatic rings. The van der Waals surface area contributed by atoms with Crippen LogP contribution < -0.4 is 0 Å². The molecule has 0 aromatic carbocycles. The van der Waals surface area contributed by atoms with Gasteiger partial charge in [0.2, 0.25) is 0 Å². The van der Waals surface area contributed by atoms with E-state index in [4.69, 9.17) is 4.74 Å². The van der Waals surface area contributed by atoms with Crippen molar-refractivity contribution in [3.8, 4) is 0 Å². The molecule has 0 heterocycles. The average Bonchev–Trinajstić information content (AvgIpc) is 2.26. The SMILES string of the molecule is C=CC(C)(CCC=C(C)C)CC(=C)C(=O)OC(C)(C)C. The Bertz CT molecular complexity index is 392. The van der Waals surface area contributed by atoms with E-state index in [9.17, 15) is 4.79 Å². The lowest BCUT2D eigenvalue weighted by Gasteiger charge is -2.27. The van der Waals surface area contributed by atoms with E-state index in [1.54, 1.807) is 0 Å². The molecule has 0 spiro atoms. The molecule has 0 aliphatic rings. The maximum absolute atomic E-state index is 12.0. The Morgan fingerprint density at radius 3 is 2.15 bits per heavy atom. The third-order valence-corrected chi connectivity index (χ3v) is 3.07. The van der Waals surface area contributed by atoms with Gasteiger partial charge in [-0.2, -0.15) is 0 Å². The second kappa shape index (κ2) is 7.47. The van der Waals surface area contributed by atoms with Gasteiger partial charge in [0.25, 0.3) is 0 Å². The summed E-state index contributed by atoms with van der Waals surface area (Å²) in [6.07, 6.45) is 6.64. The van der Waals surface area contributed by atoms with E-state index in [0.717, 1.165) is 12.8 Å². The quantitative estimate of drug-likeness (QED) is 0.363. The summed E-state index contributed by atoms with van der Waals surface area (Å²) in [6, 6.07) is 0. The molecule has 0 saturated heterocycles. The molecule has 0 rings (SSSR count). The molecular weight excluding hydrogens is 248 g/mol. The van der Waals surface area contributed by atoms with Crippen LogP contribution in [0.15, 0.2) is 36.5 Å². The maximum Gasteiger partial charge on any atom is 0.333 e. The van der Waals surface area contributed by atoms with Crippen molar-refractivity contribution >= 4 is 5.97 Å². The molecule has 1 unspecified atom stereocenters. The number of rotatable bonds is 7. The summed E-state index contributed by atoms with van der Waals surface area (Å²) >= 11 is 0. The van der Waals surface area contributed by atoms with Gasteiger partial charge in [0.1, 0.15) is 5.60 Å². The molecular formula is C18H30O2. The predicted molar refractivity (Wildman–Crippen MR) is 86.6 cm³/mol. The van der Waals surface area contributed by atoms with Gasteiger partial charge in [-0.1, -0.05) is 31.2 Å². The van der Waals surface area contributed by atoms with Crippen LogP contribution in [0.3, 0.4) is 0 Å². The van der Waals surface area contributed by atoms with E-state index in [2.05, 4.69) is 40.0 Å². The molecule has 0 amide bonds. The zero-order valence-electron chi connectivity index (χ0n) is 14.0. The molecule has 0 saturated carbocycles. The van der Waals surface area contributed by atoms with Gasteiger partial charge in [0.15, 0.2) is 0 Å². The molecule has 0 aromatic heterocycles. The average molecular weight is 278 g/mol. The van der Waals surface area contributed by atoms with Gasteiger partial charge in [-0.3, -0.25) is 0 Å². The topological polar surface area (TPSA) is 26.3 Å². The van der Waals surface area contributed by atoms with Crippen molar-refractivity contribution in [1.29, 1.82) is 0 Å². The lowest BCUT2D eigenvalue weighted by atomic mass is 9.79. The van der Waals surface area contributed by atoms with Crippen LogP contribution in [0, 0.1) is 5.41 Å². The van der Waals surface area contributed by atoms with Gasteiger partial charge >= 0.3 is 5.97 Å². The van der Waals surface area contributed by atoms with Crippen molar-refractivity contribution in [1.82, 2.24) is 0 Å². The van der Waals surface area contributed by atoms with Gasteiger partial charge in [-0.25, -0.2) is 4.79 Å². The van der Waals surface area contributed by atoms with Crippen molar-refractivity contribution in [3.63, 3.8) is 0 Å². The summed E-state index contributed by atoms with van der Waals surface area (Å²) in [6.45, 7) is 19.6. The number of carbonyl (C=O) groups excluding carboxylic acids is 1.